The largest absolute Gasteiger partial charge is 1.00 e. The van der Waals surface area contributed by atoms with Crippen LogP contribution in [0.1, 0.15) is 206 Å². The number of nitrogens with zero attached hydrogens (tertiary/aromatic N) is 2. The van der Waals surface area contributed by atoms with E-state index in [9.17, 15) is 0 Å². The Morgan fingerprint density at radius 1 is 0.227 bits per heavy atom. The van der Waals surface area contributed by atoms with Crippen LogP contribution in [0.3, 0.4) is 0 Å². The highest BCUT2D eigenvalue weighted by molar-refractivity contribution is 4.52. The van der Waals surface area contributed by atoms with Gasteiger partial charge in [-0.2, -0.15) is 0 Å². The first-order chi connectivity index (χ1) is 20.3. The highest BCUT2D eigenvalue weighted by Gasteiger charge is 2.17. The standard InChI is InChI=1S/C40H86N2.2ClH/c1-7-9-11-13-15-17-19-21-23-25-27-29-31-33-37-41(3,4)39-35-36-40-42(5,6)38-34-32-30-28-26-24-22-20-18-16-14-12-10-8-2;;/h7-40H2,1-6H3;2*1H/q+2;;/p-2. The molecule has 44 heavy (non-hydrogen) atoms. The van der Waals surface area contributed by atoms with E-state index in [1.807, 2.05) is 0 Å². The van der Waals surface area contributed by atoms with Crippen LogP contribution in [0.5, 0.6) is 0 Å². The van der Waals surface area contributed by atoms with Crippen molar-refractivity contribution in [3.63, 3.8) is 0 Å². The van der Waals surface area contributed by atoms with Crippen molar-refractivity contribution >= 4 is 0 Å². The fourth-order valence-electron chi connectivity index (χ4n) is 6.77. The van der Waals surface area contributed by atoms with Crippen LogP contribution < -0.4 is 24.8 Å². The molecule has 0 aromatic rings. The Morgan fingerprint density at radius 2 is 0.364 bits per heavy atom. The van der Waals surface area contributed by atoms with E-state index in [1.165, 1.54) is 228 Å². The van der Waals surface area contributed by atoms with Crippen LogP contribution in [0, 0.1) is 0 Å². The summed E-state index contributed by atoms with van der Waals surface area (Å²) in [6, 6.07) is 0. The van der Waals surface area contributed by atoms with E-state index in [4.69, 9.17) is 0 Å². The summed E-state index contributed by atoms with van der Waals surface area (Å²) in [6.07, 6.45) is 43.6. The molecule has 0 radical (unpaired) electrons. The van der Waals surface area contributed by atoms with Gasteiger partial charge in [0.2, 0.25) is 0 Å². The average Bonchev–Trinajstić information content (AvgIpc) is 2.95. The number of rotatable bonds is 35. The Bertz CT molecular complexity index is 478. The predicted octanol–water partition coefficient (Wildman–Crippen LogP) is 6.89. The van der Waals surface area contributed by atoms with Crippen LogP contribution in [-0.4, -0.2) is 63.3 Å². The lowest BCUT2D eigenvalue weighted by Gasteiger charge is -2.32. The minimum absolute atomic E-state index is 0. The minimum Gasteiger partial charge on any atom is -1.00 e. The normalized spacial score (nSPS) is 11.9. The number of unbranched alkanes of at least 4 members (excludes halogenated alkanes) is 27. The molecule has 0 spiro atoms. The van der Waals surface area contributed by atoms with Gasteiger partial charge in [0.15, 0.2) is 0 Å². The van der Waals surface area contributed by atoms with E-state index < -0.39 is 0 Å². The van der Waals surface area contributed by atoms with Gasteiger partial charge in [-0.05, 0) is 25.7 Å². The third kappa shape index (κ3) is 38.7. The lowest BCUT2D eigenvalue weighted by Crippen LogP contribution is -3.00. The SMILES string of the molecule is CCCCCCCCCCCCCCCC[N+](C)(C)CCCC[N+](C)(C)CCCCCCCCCCCCCCCC.[Cl-].[Cl-]. The van der Waals surface area contributed by atoms with Crippen molar-refractivity contribution in [2.45, 2.75) is 206 Å². The van der Waals surface area contributed by atoms with Crippen LogP contribution >= 0.6 is 0 Å². The lowest BCUT2D eigenvalue weighted by molar-refractivity contribution is -0.897. The van der Waals surface area contributed by atoms with Gasteiger partial charge in [-0.15, -0.1) is 0 Å². The van der Waals surface area contributed by atoms with E-state index in [0.29, 0.717) is 0 Å². The molecule has 0 aromatic carbocycles. The molecule has 0 saturated carbocycles. The van der Waals surface area contributed by atoms with Crippen LogP contribution in [0.4, 0.5) is 0 Å². The molecule has 0 aliphatic heterocycles. The maximum absolute atomic E-state index is 2.47. The molecule has 0 fully saturated rings. The van der Waals surface area contributed by atoms with Crippen molar-refractivity contribution in [3.8, 4) is 0 Å². The summed E-state index contributed by atoms with van der Waals surface area (Å²) in [5.74, 6) is 0. The molecule has 2 nitrogen and oxygen atoms in total. The molecule has 4 heteroatoms. The maximum atomic E-state index is 2.47. The van der Waals surface area contributed by atoms with Gasteiger partial charge in [0.05, 0.1) is 54.4 Å². The lowest BCUT2D eigenvalue weighted by atomic mass is 10.0. The Labute approximate surface area is 293 Å². The van der Waals surface area contributed by atoms with Gasteiger partial charge < -0.3 is 33.8 Å². The number of hydrogen-bond donors (Lipinski definition) is 0. The van der Waals surface area contributed by atoms with E-state index in [0.717, 1.165) is 0 Å². The Balaban J connectivity index is -0.00000840. The monoisotopic (exact) mass is 665 g/mol. The zero-order valence-corrected chi connectivity index (χ0v) is 33.2. The first-order valence-corrected chi connectivity index (χ1v) is 20.0. The van der Waals surface area contributed by atoms with Crippen molar-refractivity contribution in [1.82, 2.24) is 0 Å². The van der Waals surface area contributed by atoms with Gasteiger partial charge in [-0.25, -0.2) is 0 Å². The molecular formula is C40H86Cl2N2. The molecule has 0 unspecified atom stereocenters. The summed E-state index contributed by atoms with van der Waals surface area (Å²) in [7, 11) is 9.88. The molecule has 0 N–H and O–H groups in total. The van der Waals surface area contributed by atoms with E-state index in [-0.39, 0.29) is 24.8 Å². The molecule has 0 saturated heterocycles. The molecule has 0 bridgehead atoms. The Hall–Kier alpha value is 0.500. The highest BCUT2D eigenvalue weighted by Crippen LogP contribution is 2.16. The highest BCUT2D eigenvalue weighted by atomic mass is 35.5. The molecule has 0 aliphatic carbocycles. The molecule has 0 aliphatic rings. The fraction of sp³-hybridized carbons (Fsp3) is 1.00. The first-order valence-electron chi connectivity index (χ1n) is 20.0. The van der Waals surface area contributed by atoms with Crippen LogP contribution in [0.15, 0.2) is 0 Å². The topological polar surface area (TPSA) is 0 Å². The second-order valence-corrected chi connectivity index (χ2v) is 15.7. The van der Waals surface area contributed by atoms with E-state index in [1.54, 1.807) is 0 Å². The number of quaternary nitrogens is 2. The summed E-state index contributed by atoms with van der Waals surface area (Å²) in [5.41, 5.74) is 0. The zero-order valence-electron chi connectivity index (χ0n) is 31.7. The smallest absolute Gasteiger partial charge is 0.0784 e. The van der Waals surface area contributed by atoms with Crippen LogP contribution in [0.25, 0.3) is 0 Å². The Morgan fingerprint density at radius 3 is 0.545 bits per heavy atom. The minimum atomic E-state index is 0. The van der Waals surface area contributed by atoms with Gasteiger partial charge in [-0.3, -0.25) is 0 Å². The van der Waals surface area contributed by atoms with Crippen molar-refractivity contribution in [3.05, 3.63) is 0 Å². The van der Waals surface area contributed by atoms with Crippen LogP contribution in [-0.2, 0) is 0 Å². The molecular weight excluding hydrogens is 579 g/mol. The summed E-state index contributed by atoms with van der Waals surface area (Å²) >= 11 is 0. The van der Waals surface area contributed by atoms with E-state index in [2.05, 4.69) is 42.0 Å². The van der Waals surface area contributed by atoms with Crippen molar-refractivity contribution in [1.29, 1.82) is 0 Å². The average molecular weight is 666 g/mol. The first kappa shape index (κ1) is 48.9. The Kier molecular flexibility index (Phi) is 40.4. The zero-order chi connectivity index (χ0) is 31.0. The molecule has 0 atom stereocenters. The molecule has 270 valence electrons. The molecule has 0 rings (SSSR count). The van der Waals surface area contributed by atoms with Gasteiger partial charge in [0, 0.05) is 12.8 Å². The second kappa shape index (κ2) is 36.3. The molecule has 0 amide bonds. The molecule has 0 aromatic heterocycles. The molecule has 0 heterocycles. The number of hydrogen-bond acceptors (Lipinski definition) is 0. The van der Waals surface area contributed by atoms with Gasteiger partial charge in [0.1, 0.15) is 0 Å². The summed E-state index contributed by atoms with van der Waals surface area (Å²) in [6.45, 7) is 10.1. The fourth-order valence-corrected chi connectivity index (χ4v) is 6.77. The van der Waals surface area contributed by atoms with E-state index >= 15 is 0 Å². The van der Waals surface area contributed by atoms with Crippen LogP contribution in [0.2, 0.25) is 0 Å². The summed E-state index contributed by atoms with van der Waals surface area (Å²) < 4.78 is 2.45. The summed E-state index contributed by atoms with van der Waals surface area (Å²) in [5, 5.41) is 0. The second-order valence-electron chi connectivity index (χ2n) is 15.7. The predicted molar refractivity (Wildman–Crippen MR) is 194 cm³/mol. The summed E-state index contributed by atoms with van der Waals surface area (Å²) in [4.78, 5) is 0. The number of halogens is 2. The third-order valence-corrected chi connectivity index (χ3v) is 10.0. The quantitative estimate of drug-likeness (QED) is 0.0511. The van der Waals surface area contributed by atoms with Crippen molar-refractivity contribution in [2.24, 2.45) is 0 Å². The van der Waals surface area contributed by atoms with Gasteiger partial charge >= 0.3 is 0 Å². The van der Waals surface area contributed by atoms with Crippen molar-refractivity contribution < 1.29 is 33.8 Å². The van der Waals surface area contributed by atoms with Crippen molar-refractivity contribution in [2.75, 3.05) is 54.4 Å². The maximum Gasteiger partial charge on any atom is 0.0784 e. The third-order valence-electron chi connectivity index (χ3n) is 10.0. The van der Waals surface area contributed by atoms with Gasteiger partial charge in [-0.1, -0.05) is 168 Å². The van der Waals surface area contributed by atoms with Gasteiger partial charge in [0.25, 0.3) is 0 Å².